The molecule has 1 aliphatic heterocycles. The van der Waals surface area contributed by atoms with E-state index in [0.717, 1.165) is 5.56 Å². The summed E-state index contributed by atoms with van der Waals surface area (Å²) in [7, 11) is 2.93. The second-order valence-corrected chi connectivity index (χ2v) is 12.7. The van der Waals surface area contributed by atoms with Crippen LogP contribution in [-0.4, -0.2) is 109 Å². The summed E-state index contributed by atoms with van der Waals surface area (Å²) < 4.78 is 5.11. The van der Waals surface area contributed by atoms with Crippen LogP contribution >= 0.6 is 0 Å². The molecular weight excluding hydrogens is 592 g/mol. The fourth-order valence-corrected chi connectivity index (χ4v) is 5.15. The lowest BCUT2D eigenvalue weighted by molar-refractivity contribution is -0.143. The SMILES string of the molecule is COCCC(=O)N1CC(=O)N[C@@H](CC(C)C)C(=O)N(C)[C@@H](C)C(=O)N[C@H](C)C(=O)N[C@@H](C(C)C)C(=O)N[C@@H](Cc2ccccc2)C1. The van der Waals surface area contributed by atoms with Crippen LogP contribution in [0.25, 0.3) is 0 Å². The first kappa shape index (κ1) is 38.2. The second-order valence-electron chi connectivity index (χ2n) is 12.7. The van der Waals surface area contributed by atoms with Gasteiger partial charge in [-0.05, 0) is 44.1 Å². The first-order valence-corrected chi connectivity index (χ1v) is 15.9. The van der Waals surface area contributed by atoms with Crippen molar-refractivity contribution in [3.8, 4) is 0 Å². The minimum Gasteiger partial charge on any atom is -0.384 e. The summed E-state index contributed by atoms with van der Waals surface area (Å²) in [6.07, 6.45) is 0.635. The zero-order chi connectivity index (χ0) is 34.6. The van der Waals surface area contributed by atoms with Crippen LogP contribution in [0.5, 0.6) is 0 Å². The Morgan fingerprint density at radius 3 is 2.15 bits per heavy atom. The quantitative estimate of drug-likeness (QED) is 0.322. The number of hydrogen-bond donors (Lipinski definition) is 4. The van der Waals surface area contributed by atoms with Crippen LogP contribution in [0.3, 0.4) is 0 Å². The highest BCUT2D eigenvalue weighted by Gasteiger charge is 2.34. The van der Waals surface area contributed by atoms with Crippen molar-refractivity contribution in [2.24, 2.45) is 11.8 Å². The van der Waals surface area contributed by atoms with Gasteiger partial charge in [0.1, 0.15) is 24.2 Å². The maximum Gasteiger partial charge on any atom is 0.245 e. The molecule has 46 heavy (non-hydrogen) atoms. The molecule has 0 aliphatic carbocycles. The molecule has 1 aromatic rings. The van der Waals surface area contributed by atoms with Crippen molar-refractivity contribution >= 4 is 35.4 Å². The maximum absolute atomic E-state index is 13.7. The Labute approximate surface area is 272 Å². The smallest absolute Gasteiger partial charge is 0.245 e. The van der Waals surface area contributed by atoms with E-state index in [0.29, 0.717) is 12.8 Å². The van der Waals surface area contributed by atoms with Crippen LogP contribution < -0.4 is 21.3 Å². The van der Waals surface area contributed by atoms with E-state index in [-0.39, 0.29) is 43.9 Å². The molecule has 0 bridgehead atoms. The average Bonchev–Trinajstić information content (AvgIpc) is 2.99. The molecule has 1 aromatic carbocycles. The number of carbonyl (C=O) groups excluding carboxylic acids is 6. The van der Waals surface area contributed by atoms with Gasteiger partial charge in [-0.3, -0.25) is 28.8 Å². The lowest BCUT2D eigenvalue weighted by Crippen LogP contribution is -2.60. The van der Waals surface area contributed by atoms with Crippen molar-refractivity contribution in [2.45, 2.75) is 91.0 Å². The van der Waals surface area contributed by atoms with E-state index >= 15 is 0 Å². The van der Waals surface area contributed by atoms with Crippen LogP contribution in [0.15, 0.2) is 30.3 Å². The van der Waals surface area contributed by atoms with Crippen molar-refractivity contribution in [3.05, 3.63) is 35.9 Å². The maximum atomic E-state index is 13.7. The van der Waals surface area contributed by atoms with Crippen LogP contribution in [0.1, 0.15) is 59.9 Å². The lowest BCUT2D eigenvalue weighted by Gasteiger charge is -2.33. The summed E-state index contributed by atoms with van der Waals surface area (Å²) in [5.41, 5.74) is 0.893. The van der Waals surface area contributed by atoms with Gasteiger partial charge in [-0.25, -0.2) is 0 Å². The van der Waals surface area contributed by atoms with E-state index in [1.165, 1.54) is 37.8 Å². The zero-order valence-corrected chi connectivity index (χ0v) is 28.4. The number of hydrogen-bond acceptors (Lipinski definition) is 7. The molecule has 4 N–H and O–H groups in total. The Balaban J connectivity index is 2.57. The second kappa shape index (κ2) is 18.2. The standard InChI is InChI=1S/C33H52N6O7/c1-20(2)16-26-33(45)38(7)23(6)31(43)34-22(5)30(42)37-29(21(3)4)32(44)35-25(17-24-12-10-9-11-13-24)18-39(19-27(40)36-26)28(41)14-15-46-8/h9-13,20-23,25-26,29H,14-19H2,1-8H3,(H,34,43)(H,35,44)(H,36,40)(H,37,42)/t22-,23+,25+,26+,29+/m1/s1. The van der Waals surface area contributed by atoms with Crippen molar-refractivity contribution < 1.29 is 33.5 Å². The molecule has 13 heteroatoms. The van der Waals surface area contributed by atoms with E-state index < -0.39 is 59.7 Å². The Bertz CT molecular complexity index is 1210. The van der Waals surface area contributed by atoms with Crippen molar-refractivity contribution in [3.63, 3.8) is 0 Å². The lowest BCUT2D eigenvalue weighted by atomic mass is 10.0. The summed E-state index contributed by atoms with van der Waals surface area (Å²) in [4.78, 5) is 83.0. The monoisotopic (exact) mass is 644 g/mol. The number of nitrogens with zero attached hydrogens (tertiary/aromatic N) is 2. The third-order valence-corrected chi connectivity index (χ3v) is 7.97. The topological polar surface area (TPSA) is 166 Å². The fourth-order valence-electron chi connectivity index (χ4n) is 5.15. The summed E-state index contributed by atoms with van der Waals surface area (Å²) >= 11 is 0. The molecule has 0 aromatic heterocycles. The van der Waals surface area contributed by atoms with Crippen LogP contribution in [-0.2, 0) is 39.9 Å². The molecule has 256 valence electrons. The van der Waals surface area contributed by atoms with Crippen molar-refractivity contribution in [2.75, 3.05) is 33.9 Å². The normalized spacial score (nSPS) is 24.6. The minimum absolute atomic E-state index is 0.00205. The molecule has 13 nitrogen and oxygen atoms in total. The van der Waals surface area contributed by atoms with Gasteiger partial charge in [0.25, 0.3) is 0 Å². The summed E-state index contributed by atoms with van der Waals surface area (Å²) in [6.45, 7) is 10.2. The van der Waals surface area contributed by atoms with Gasteiger partial charge in [0.15, 0.2) is 0 Å². The Hall–Kier alpha value is -4.00. The van der Waals surface area contributed by atoms with Gasteiger partial charge in [0.2, 0.25) is 35.4 Å². The van der Waals surface area contributed by atoms with E-state index in [1.807, 2.05) is 44.2 Å². The molecule has 0 unspecified atom stereocenters. The van der Waals surface area contributed by atoms with Gasteiger partial charge in [-0.1, -0.05) is 58.0 Å². The molecule has 6 amide bonds. The molecule has 0 radical (unpaired) electrons. The highest BCUT2D eigenvalue weighted by atomic mass is 16.5. The van der Waals surface area contributed by atoms with E-state index in [4.69, 9.17) is 4.74 Å². The van der Waals surface area contributed by atoms with E-state index in [1.54, 1.807) is 13.8 Å². The van der Waals surface area contributed by atoms with Crippen molar-refractivity contribution in [1.82, 2.24) is 31.1 Å². The van der Waals surface area contributed by atoms with Gasteiger partial charge < -0.3 is 35.8 Å². The molecule has 1 aliphatic rings. The summed E-state index contributed by atoms with van der Waals surface area (Å²) in [5.74, 6) is -3.30. The Morgan fingerprint density at radius 1 is 0.913 bits per heavy atom. The van der Waals surface area contributed by atoms with Gasteiger partial charge >= 0.3 is 0 Å². The van der Waals surface area contributed by atoms with Crippen molar-refractivity contribution in [1.29, 1.82) is 0 Å². The van der Waals surface area contributed by atoms with Crippen LogP contribution in [0.2, 0.25) is 0 Å². The average molecular weight is 645 g/mol. The van der Waals surface area contributed by atoms with E-state index in [9.17, 15) is 28.8 Å². The third kappa shape index (κ3) is 11.7. The largest absolute Gasteiger partial charge is 0.384 e. The molecule has 0 saturated carbocycles. The molecular formula is C33H52N6O7. The highest BCUT2D eigenvalue weighted by Crippen LogP contribution is 2.12. The van der Waals surface area contributed by atoms with Crippen LogP contribution in [0, 0.1) is 11.8 Å². The number of carbonyl (C=O) groups is 6. The number of benzene rings is 1. The predicted octanol–water partition coefficient (Wildman–Crippen LogP) is 0.616. The molecule has 5 atom stereocenters. The number of methoxy groups -OCH3 is 1. The molecule has 2 rings (SSSR count). The third-order valence-electron chi connectivity index (χ3n) is 7.97. The van der Waals surface area contributed by atoms with Gasteiger partial charge in [-0.2, -0.15) is 0 Å². The van der Waals surface area contributed by atoms with E-state index in [2.05, 4.69) is 21.3 Å². The first-order chi connectivity index (χ1) is 21.6. The van der Waals surface area contributed by atoms with Gasteiger partial charge in [0.05, 0.1) is 25.6 Å². The van der Waals surface area contributed by atoms with Gasteiger partial charge in [-0.15, -0.1) is 0 Å². The number of likely N-dealkylation sites (N-methyl/N-ethyl adjacent to an activating group) is 1. The zero-order valence-electron chi connectivity index (χ0n) is 28.4. The molecule has 1 fully saturated rings. The summed E-state index contributed by atoms with van der Waals surface area (Å²) in [6, 6.07) is 4.86. The molecule has 1 heterocycles. The predicted molar refractivity (Wildman–Crippen MR) is 173 cm³/mol. The summed E-state index contributed by atoms with van der Waals surface area (Å²) in [5, 5.41) is 11.2. The Morgan fingerprint density at radius 2 is 1.57 bits per heavy atom. The van der Waals surface area contributed by atoms with Crippen LogP contribution in [0.4, 0.5) is 0 Å². The molecule has 0 spiro atoms. The minimum atomic E-state index is -1.01. The molecule has 1 saturated heterocycles. The first-order valence-electron chi connectivity index (χ1n) is 15.9. The number of nitrogens with one attached hydrogen (secondary N) is 4. The number of ether oxygens (including phenoxy) is 1. The number of rotatable bonds is 8. The number of amides is 6. The highest BCUT2D eigenvalue weighted by molar-refractivity contribution is 5.95. The van der Waals surface area contributed by atoms with Gasteiger partial charge in [0, 0.05) is 20.7 Å². The Kier molecular flexibility index (Phi) is 15.1. The fraction of sp³-hybridized carbons (Fsp3) is 0.636.